The van der Waals surface area contributed by atoms with Gasteiger partial charge in [0, 0.05) is 24.8 Å². The molecule has 1 heterocycles. The minimum Gasteiger partial charge on any atom is -0.507 e. The Morgan fingerprint density at radius 2 is 2.08 bits per heavy atom. The normalized spacial score (nSPS) is 25.2. The number of rotatable bonds is 5. The Morgan fingerprint density at radius 1 is 1.34 bits per heavy atom. The zero-order chi connectivity index (χ0) is 27.5. The molecule has 0 bridgehead atoms. The van der Waals surface area contributed by atoms with Crippen molar-refractivity contribution in [3.63, 3.8) is 0 Å². The lowest BCUT2D eigenvalue weighted by molar-refractivity contribution is -0.122. The zero-order valence-electron chi connectivity index (χ0n) is 22.1. The molecule has 0 aliphatic heterocycles. The Bertz CT molecular complexity index is 1390. The van der Waals surface area contributed by atoms with Crippen LogP contribution in [0.15, 0.2) is 22.2 Å². The summed E-state index contributed by atoms with van der Waals surface area (Å²) in [5.74, 6) is -3.41. The number of aromatic hydroxyl groups is 1. The molecule has 1 aromatic carbocycles. The van der Waals surface area contributed by atoms with E-state index in [1.807, 2.05) is 38.9 Å². The number of nitrogens with zero attached hydrogens (tertiary/aromatic N) is 2. The van der Waals surface area contributed by atoms with Gasteiger partial charge in [-0.05, 0) is 69.8 Å². The highest BCUT2D eigenvalue weighted by Gasteiger charge is 2.54. The number of aliphatic hydroxyl groups is 1. The number of benzene rings is 1. The average Bonchev–Trinajstić information content (AvgIpc) is 3.23. The number of allylic oxidation sites excluding steroid dienone is 3. The fourth-order valence-electron chi connectivity index (χ4n) is 6.64. The van der Waals surface area contributed by atoms with Crippen LogP contribution in [-0.4, -0.2) is 66.3 Å². The highest BCUT2D eigenvalue weighted by molar-refractivity contribution is 6.11. The average molecular weight is 526 g/mol. The van der Waals surface area contributed by atoms with E-state index in [0.717, 1.165) is 16.9 Å². The Labute approximate surface area is 219 Å². The van der Waals surface area contributed by atoms with Crippen LogP contribution in [0.1, 0.15) is 57.9 Å². The summed E-state index contributed by atoms with van der Waals surface area (Å²) >= 11 is 0. The predicted octanol–water partition coefficient (Wildman–Crippen LogP) is 3.57. The maximum Gasteiger partial charge on any atom is 0.258 e. The Hall–Kier alpha value is -3.50. The topological polar surface area (TPSA) is 125 Å². The van der Waals surface area contributed by atoms with Gasteiger partial charge in [-0.1, -0.05) is 11.2 Å². The van der Waals surface area contributed by atoms with E-state index in [9.17, 15) is 19.8 Å². The molecule has 202 valence electrons. The molecule has 1 aromatic heterocycles. The highest BCUT2D eigenvalue weighted by atomic mass is 19.1. The summed E-state index contributed by atoms with van der Waals surface area (Å²) in [6, 6.07) is 0.959. The first kappa shape index (κ1) is 26.1. The van der Waals surface area contributed by atoms with Crippen LogP contribution >= 0.6 is 0 Å². The molecule has 10 heteroatoms. The van der Waals surface area contributed by atoms with Gasteiger partial charge in [-0.15, -0.1) is 0 Å². The molecule has 0 saturated heterocycles. The maximum absolute atomic E-state index is 15.1. The van der Waals surface area contributed by atoms with E-state index in [-0.39, 0.29) is 54.4 Å². The molecular weight excluding hydrogens is 493 g/mol. The smallest absolute Gasteiger partial charge is 0.258 e. The van der Waals surface area contributed by atoms with Crippen LogP contribution in [0.4, 0.5) is 4.39 Å². The fraction of sp³-hybridized carbons (Fsp3) is 0.464. The number of hydrogen-bond acceptors (Lipinski definition) is 8. The van der Waals surface area contributed by atoms with Crippen molar-refractivity contribution in [3.05, 3.63) is 57.2 Å². The summed E-state index contributed by atoms with van der Waals surface area (Å²) < 4.78 is 25.7. The van der Waals surface area contributed by atoms with Crippen LogP contribution in [0.2, 0.25) is 0 Å². The molecule has 9 nitrogen and oxygen atoms in total. The lowest BCUT2D eigenvalue weighted by Gasteiger charge is -2.47. The Morgan fingerprint density at radius 3 is 2.74 bits per heavy atom. The van der Waals surface area contributed by atoms with Crippen molar-refractivity contribution in [3.8, 4) is 5.75 Å². The van der Waals surface area contributed by atoms with Crippen molar-refractivity contribution in [2.24, 2.45) is 17.8 Å². The molecule has 1 fully saturated rings. The molecular formula is C28H32FN3O6. The van der Waals surface area contributed by atoms with Gasteiger partial charge < -0.3 is 24.8 Å². The van der Waals surface area contributed by atoms with Gasteiger partial charge in [-0.25, -0.2) is 4.39 Å². The molecule has 4 atom stereocenters. The number of aromatic nitrogens is 1. The molecule has 2 aromatic rings. The highest BCUT2D eigenvalue weighted by Crippen LogP contribution is 2.57. The zero-order valence-corrected chi connectivity index (χ0v) is 22.1. The number of ether oxygens (including phenoxy) is 1. The van der Waals surface area contributed by atoms with Gasteiger partial charge in [0.15, 0.2) is 11.5 Å². The van der Waals surface area contributed by atoms with Gasteiger partial charge >= 0.3 is 0 Å². The molecule has 3 aliphatic carbocycles. The lowest BCUT2D eigenvalue weighted by Crippen LogP contribution is -2.46. The Balaban J connectivity index is 1.63. The number of amides is 1. The number of fused-ring (bicyclic) bond motifs is 4. The largest absolute Gasteiger partial charge is 0.507 e. The van der Waals surface area contributed by atoms with Gasteiger partial charge in [0.05, 0.1) is 29.8 Å². The van der Waals surface area contributed by atoms with E-state index >= 15 is 4.39 Å². The van der Waals surface area contributed by atoms with Crippen LogP contribution < -0.4 is 5.32 Å². The third-order valence-electron chi connectivity index (χ3n) is 8.11. The van der Waals surface area contributed by atoms with E-state index in [1.165, 1.54) is 13.2 Å². The summed E-state index contributed by atoms with van der Waals surface area (Å²) in [5.41, 5.74) is 2.23. The monoisotopic (exact) mass is 525 g/mol. The molecule has 1 amide bonds. The third kappa shape index (κ3) is 3.77. The number of carbonyl (C=O) groups is 2. The molecule has 3 aliphatic rings. The minimum atomic E-state index is -0.894. The number of methoxy groups -OCH3 is 1. The van der Waals surface area contributed by atoms with Crippen molar-refractivity contribution in [2.75, 3.05) is 34.4 Å². The summed E-state index contributed by atoms with van der Waals surface area (Å²) in [6.07, 6.45) is 2.68. The van der Waals surface area contributed by atoms with Crippen LogP contribution in [0.5, 0.6) is 5.75 Å². The number of nitrogens with one attached hydrogen (secondary N) is 1. The van der Waals surface area contributed by atoms with Crippen molar-refractivity contribution in [1.29, 1.82) is 0 Å². The number of carbonyl (C=O) groups excluding carboxylic acids is 2. The minimum absolute atomic E-state index is 0.0646. The van der Waals surface area contributed by atoms with Crippen LogP contribution in [-0.2, 0) is 16.0 Å². The van der Waals surface area contributed by atoms with Gasteiger partial charge in [-0.2, -0.15) is 0 Å². The number of phenols is 1. The first-order chi connectivity index (χ1) is 18.1. The standard InChI is InChI=1S/C28H32FN3O6/c1-6-15-18-12(2)31-38-27(18)23(32(3)4)16-10-13-9-14-11-17(29)22(28(36)30-7-8-37-5)26(35)20(14)24(33)19(13)25(34)21(15)16/h6,11,13,16,21,23,33,35H,7-10H2,1-5H3,(H,30,36). The number of hydrogen-bond donors (Lipinski definition) is 3. The number of Topliss-reactive ketones (excluding diaryl/α,β-unsaturated/α-hetero) is 1. The maximum atomic E-state index is 15.1. The van der Waals surface area contributed by atoms with Gasteiger partial charge in [0.1, 0.15) is 22.9 Å². The van der Waals surface area contributed by atoms with Gasteiger partial charge in [0.2, 0.25) is 0 Å². The quantitative estimate of drug-likeness (QED) is 0.506. The molecule has 0 spiro atoms. The molecule has 3 N–H and O–H groups in total. The summed E-state index contributed by atoms with van der Waals surface area (Å²) in [4.78, 5) is 28.8. The Kier molecular flexibility index (Phi) is 6.65. The summed E-state index contributed by atoms with van der Waals surface area (Å²) in [5, 5.41) is 29.1. The first-order valence-corrected chi connectivity index (χ1v) is 12.7. The van der Waals surface area contributed by atoms with Crippen molar-refractivity contribution in [1.82, 2.24) is 15.4 Å². The number of ketones is 1. The first-order valence-electron chi connectivity index (χ1n) is 12.7. The van der Waals surface area contributed by atoms with Crippen LogP contribution in [0.25, 0.3) is 11.3 Å². The number of halogens is 1. The summed E-state index contributed by atoms with van der Waals surface area (Å²) in [7, 11) is 5.33. The lowest BCUT2D eigenvalue weighted by atomic mass is 9.58. The van der Waals surface area contributed by atoms with E-state index < -0.39 is 34.7 Å². The SMILES string of the molecule is CC=C1c2c(C)noc2C(N(C)C)C2CC3Cc4cc(F)c(C(=O)NCCOC)c(O)c4C(O)=C3C(=O)C12. The molecule has 0 radical (unpaired) electrons. The second-order valence-electron chi connectivity index (χ2n) is 10.4. The number of aryl methyl sites for hydroxylation is 1. The molecule has 38 heavy (non-hydrogen) atoms. The van der Waals surface area contributed by atoms with Gasteiger partial charge in [0.25, 0.3) is 5.91 Å². The second-order valence-corrected chi connectivity index (χ2v) is 10.4. The van der Waals surface area contributed by atoms with Crippen LogP contribution in [0.3, 0.4) is 0 Å². The van der Waals surface area contributed by atoms with E-state index in [4.69, 9.17) is 9.26 Å². The molecule has 4 unspecified atom stereocenters. The van der Waals surface area contributed by atoms with E-state index in [2.05, 4.69) is 10.5 Å². The third-order valence-corrected chi connectivity index (χ3v) is 8.11. The van der Waals surface area contributed by atoms with Crippen molar-refractivity contribution >= 4 is 23.0 Å². The van der Waals surface area contributed by atoms with Crippen molar-refractivity contribution < 1.29 is 33.5 Å². The second kappa shape index (κ2) is 9.67. The van der Waals surface area contributed by atoms with E-state index in [1.54, 1.807) is 0 Å². The fourth-order valence-corrected chi connectivity index (χ4v) is 6.64. The van der Waals surface area contributed by atoms with Gasteiger partial charge in [-0.3, -0.25) is 14.5 Å². The number of aliphatic hydroxyl groups excluding tert-OH is 1. The predicted molar refractivity (Wildman–Crippen MR) is 137 cm³/mol. The molecule has 5 rings (SSSR count). The summed E-state index contributed by atoms with van der Waals surface area (Å²) in [6.45, 7) is 4.03. The number of phenolic OH excluding ortho intramolecular Hbond substituents is 1. The van der Waals surface area contributed by atoms with Crippen molar-refractivity contribution in [2.45, 2.75) is 32.7 Å². The molecule has 1 saturated carbocycles. The van der Waals surface area contributed by atoms with E-state index in [0.29, 0.717) is 17.7 Å². The van der Waals surface area contributed by atoms with Crippen LogP contribution in [0, 0.1) is 30.5 Å².